The molecule has 7 nitrogen and oxygen atoms in total. The fourth-order valence-electron chi connectivity index (χ4n) is 3.67. The molecule has 1 aromatic heterocycles. The van der Waals surface area contributed by atoms with Crippen LogP contribution >= 0.6 is 0 Å². The molecule has 3 rings (SSSR count). The van der Waals surface area contributed by atoms with Gasteiger partial charge < -0.3 is 5.32 Å². The number of urea groups is 1. The maximum Gasteiger partial charge on any atom is 0.320 e. The molecule has 1 fully saturated rings. The van der Waals surface area contributed by atoms with Crippen molar-refractivity contribution in [1.82, 2.24) is 25.9 Å². The van der Waals surface area contributed by atoms with E-state index in [0.29, 0.717) is 36.9 Å². The Morgan fingerprint density at radius 2 is 1.93 bits per heavy atom. The van der Waals surface area contributed by atoms with Gasteiger partial charge in [-0.2, -0.15) is 5.10 Å². The first-order valence-electron chi connectivity index (χ1n) is 9.58. The van der Waals surface area contributed by atoms with E-state index in [4.69, 9.17) is 0 Å². The van der Waals surface area contributed by atoms with Crippen LogP contribution in [-0.2, 0) is 6.54 Å². The van der Waals surface area contributed by atoms with Gasteiger partial charge in [-0.1, -0.05) is 29.8 Å². The molecule has 2 amide bonds. The van der Waals surface area contributed by atoms with E-state index in [1.54, 1.807) is 0 Å². The summed E-state index contributed by atoms with van der Waals surface area (Å²) in [6.07, 6.45) is 0.928. The lowest BCUT2D eigenvalue weighted by Gasteiger charge is -2.18. The Labute approximate surface area is 160 Å². The van der Waals surface area contributed by atoms with Crippen LogP contribution in [-0.4, -0.2) is 34.4 Å². The molecule has 1 aliphatic rings. The first-order valence-corrected chi connectivity index (χ1v) is 9.58. The highest BCUT2D eigenvalue weighted by atomic mass is 16.2. The number of anilines is 1. The SMILES string of the molecule is Cc1cccc(Cn2nc(C)cc2NC(=O)NCCC2C(C)NNC2C)c1. The lowest BCUT2D eigenvalue weighted by molar-refractivity contribution is 0.250. The second kappa shape index (κ2) is 8.54. The standard InChI is InChI=1S/C20H30N6O/c1-13-6-5-7-17(10-13)12-26-19(11-14(2)25-26)22-20(27)21-9-8-18-15(3)23-24-16(18)4/h5-7,10-11,15-16,18,23-24H,8-9,12H2,1-4H3,(H2,21,22,27). The molecular formula is C20H30N6O. The van der Waals surface area contributed by atoms with Crippen molar-refractivity contribution >= 4 is 11.8 Å². The first-order chi connectivity index (χ1) is 12.9. The Balaban J connectivity index is 1.55. The van der Waals surface area contributed by atoms with E-state index in [9.17, 15) is 4.79 Å². The number of benzene rings is 1. The molecule has 7 heteroatoms. The van der Waals surface area contributed by atoms with Gasteiger partial charge in [0.15, 0.2) is 0 Å². The zero-order valence-electron chi connectivity index (χ0n) is 16.5. The molecule has 27 heavy (non-hydrogen) atoms. The van der Waals surface area contributed by atoms with Crippen LogP contribution in [0.4, 0.5) is 10.6 Å². The van der Waals surface area contributed by atoms with Crippen LogP contribution in [0, 0.1) is 19.8 Å². The molecule has 0 bridgehead atoms. The summed E-state index contributed by atoms with van der Waals surface area (Å²) in [7, 11) is 0. The Hall–Kier alpha value is -2.38. The maximum absolute atomic E-state index is 12.3. The lowest BCUT2D eigenvalue weighted by Crippen LogP contribution is -2.34. The molecule has 2 aromatic rings. The van der Waals surface area contributed by atoms with E-state index in [2.05, 4.69) is 65.6 Å². The number of nitrogens with one attached hydrogen (secondary N) is 4. The van der Waals surface area contributed by atoms with Crippen LogP contribution in [0.25, 0.3) is 0 Å². The molecule has 4 N–H and O–H groups in total. The third kappa shape index (κ3) is 5.08. The smallest absolute Gasteiger partial charge is 0.320 e. The second-order valence-electron chi connectivity index (χ2n) is 7.52. The van der Waals surface area contributed by atoms with E-state index >= 15 is 0 Å². The predicted octanol–water partition coefficient (Wildman–Crippen LogP) is 2.56. The maximum atomic E-state index is 12.3. The lowest BCUT2D eigenvalue weighted by atomic mass is 9.93. The zero-order valence-corrected chi connectivity index (χ0v) is 16.5. The summed E-state index contributed by atoms with van der Waals surface area (Å²) in [5, 5.41) is 10.4. The molecule has 0 aliphatic carbocycles. The van der Waals surface area contributed by atoms with E-state index < -0.39 is 0 Å². The number of hydrogen-bond donors (Lipinski definition) is 4. The largest absolute Gasteiger partial charge is 0.338 e. The average Bonchev–Trinajstić information content (AvgIpc) is 3.10. The van der Waals surface area contributed by atoms with E-state index in [0.717, 1.165) is 17.7 Å². The van der Waals surface area contributed by atoms with Gasteiger partial charge in [0.2, 0.25) is 0 Å². The number of carbonyl (C=O) groups excluding carboxylic acids is 1. The number of hydrazine groups is 1. The van der Waals surface area contributed by atoms with E-state index in [-0.39, 0.29) is 6.03 Å². The van der Waals surface area contributed by atoms with Crippen molar-refractivity contribution in [1.29, 1.82) is 0 Å². The van der Waals surface area contributed by atoms with Gasteiger partial charge in [0, 0.05) is 24.7 Å². The Morgan fingerprint density at radius 1 is 1.19 bits per heavy atom. The van der Waals surface area contributed by atoms with Crippen molar-refractivity contribution < 1.29 is 4.79 Å². The summed E-state index contributed by atoms with van der Waals surface area (Å²) in [4.78, 5) is 12.3. The van der Waals surface area contributed by atoms with Gasteiger partial charge in [-0.25, -0.2) is 9.48 Å². The van der Waals surface area contributed by atoms with Gasteiger partial charge in [0.1, 0.15) is 5.82 Å². The minimum absolute atomic E-state index is 0.195. The molecule has 1 saturated heterocycles. The van der Waals surface area contributed by atoms with Crippen molar-refractivity contribution in [2.45, 2.75) is 52.7 Å². The molecule has 0 spiro atoms. The number of carbonyl (C=O) groups is 1. The van der Waals surface area contributed by atoms with Gasteiger partial charge in [0.05, 0.1) is 12.2 Å². The molecule has 2 heterocycles. The highest BCUT2D eigenvalue weighted by Gasteiger charge is 2.29. The molecule has 1 aliphatic heterocycles. The Bertz CT molecular complexity index is 777. The van der Waals surface area contributed by atoms with Crippen molar-refractivity contribution in [2.75, 3.05) is 11.9 Å². The minimum Gasteiger partial charge on any atom is -0.338 e. The number of amides is 2. The van der Waals surface area contributed by atoms with Crippen molar-refractivity contribution in [3.8, 4) is 0 Å². The quantitative estimate of drug-likeness (QED) is 0.630. The summed E-state index contributed by atoms with van der Waals surface area (Å²) in [6, 6.07) is 10.8. The van der Waals surface area contributed by atoms with Crippen LogP contribution in [0.5, 0.6) is 0 Å². The van der Waals surface area contributed by atoms with Crippen LogP contribution < -0.4 is 21.5 Å². The fourth-order valence-corrected chi connectivity index (χ4v) is 3.67. The van der Waals surface area contributed by atoms with Crippen molar-refractivity contribution in [3.63, 3.8) is 0 Å². The molecule has 2 atom stereocenters. The zero-order chi connectivity index (χ0) is 19.4. The fraction of sp³-hybridized carbons (Fsp3) is 0.500. The van der Waals surface area contributed by atoms with E-state index in [1.165, 1.54) is 5.56 Å². The number of rotatable bonds is 6. The molecule has 1 aromatic carbocycles. The highest BCUT2D eigenvalue weighted by molar-refractivity contribution is 5.88. The van der Waals surface area contributed by atoms with Gasteiger partial charge in [0.25, 0.3) is 0 Å². The first kappa shape index (κ1) is 19.4. The van der Waals surface area contributed by atoms with Gasteiger partial charge in [-0.15, -0.1) is 0 Å². The highest BCUT2D eigenvalue weighted by Crippen LogP contribution is 2.18. The molecule has 2 unspecified atom stereocenters. The van der Waals surface area contributed by atoms with Crippen molar-refractivity contribution in [3.05, 3.63) is 47.2 Å². The number of nitrogens with zero attached hydrogens (tertiary/aromatic N) is 2. The molecule has 146 valence electrons. The van der Waals surface area contributed by atoms with Gasteiger partial charge in [-0.05, 0) is 45.6 Å². The predicted molar refractivity (Wildman–Crippen MR) is 108 cm³/mol. The number of aromatic nitrogens is 2. The Kier molecular flexibility index (Phi) is 6.13. The number of hydrogen-bond acceptors (Lipinski definition) is 4. The number of aryl methyl sites for hydroxylation is 2. The topological polar surface area (TPSA) is 83.0 Å². The van der Waals surface area contributed by atoms with Gasteiger partial charge >= 0.3 is 6.03 Å². The summed E-state index contributed by atoms with van der Waals surface area (Å²) in [5.41, 5.74) is 9.74. The van der Waals surface area contributed by atoms with E-state index in [1.807, 2.05) is 23.7 Å². The summed E-state index contributed by atoms with van der Waals surface area (Å²) in [6.45, 7) is 9.58. The average molecular weight is 371 g/mol. The Morgan fingerprint density at radius 3 is 2.63 bits per heavy atom. The normalized spacial score (nSPS) is 22.0. The summed E-state index contributed by atoms with van der Waals surface area (Å²) >= 11 is 0. The summed E-state index contributed by atoms with van der Waals surface area (Å²) < 4.78 is 1.83. The van der Waals surface area contributed by atoms with Crippen LogP contribution in [0.1, 0.15) is 37.1 Å². The van der Waals surface area contributed by atoms with Crippen LogP contribution in [0.2, 0.25) is 0 Å². The molecule has 0 saturated carbocycles. The van der Waals surface area contributed by atoms with Crippen molar-refractivity contribution in [2.24, 2.45) is 5.92 Å². The third-order valence-corrected chi connectivity index (χ3v) is 5.14. The third-order valence-electron chi connectivity index (χ3n) is 5.14. The monoisotopic (exact) mass is 370 g/mol. The minimum atomic E-state index is -0.195. The van der Waals surface area contributed by atoms with Crippen LogP contribution in [0.15, 0.2) is 30.3 Å². The second-order valence-corrected chi connectivity index (χ2v) is 7.52. The summed E-state index contributed by atoms with van der Waals surface area (Å²) in [5.74, 6) is 1.21. The molecular weight excluding hydrogens is 340 g/mol. The van der Waals surface area contributed by atoms with Crippen LogP contribution in [0.3, 0.4) is 0 Å². The van der Waals surface area contributed by atoms with Gasteiger partial charge in [-0.3, -0.25) is 16.2 Å². The molecule has 0 radical (unpaired) electrons.